The van der Waals surface area contributed by atoms with Crippen LogP contribution in [0.2, 0.25) is 0 Å². The largest absolute Gasteiger partial charge is 0.456 e. The van der Waals surface area contributed by atoms with Crippen molar-refractivity contribution in [3.63, 3.8) is 0 Å². The first-order valence-electron chi connectivity index (χ1n) is 20.8. The van der Waals surface area contributed by atoms with Gasteiger partial charge in [-0.15, -0.1) is 0 Å². The molecule has 1 aliphatic carbocycles. The van der Waals surface area contributed by atoms with Gasteiger partial charge in [-0.25, -0.2) is 4.98 Å². The summed E-state index contributed by atoms with van der Waals surface area (Å²) in [6.45, 7) is 4.66. The molecule has 0 saturated carbocycles. The third-order valence-corrected chi connectivity index (χ3v) is 12.4. The number of para-hydroxylation sites is 3. The molecule has 290 valence electrons. The van der Waals surface area contributed by atoms with E-state index in [1.165, 1.54) is 27.6 Å². The van der Waals surface area contributed by atoms with Gasteiger partial charge in [0.2, 0.25) is 5.89 Å². The van der Waals surface area contributed by atoms with Gasteiger partial charge < -0.3 is 18.6 Å². The predicted molar refractivity (Wildman–Crippen MR) is 251 cm³/mol. The predicted octanol–water partition coefficient (Wildman–Crippen LogP) is 15.8. The smallest absolute Gasteiger partial charge is 0.227 e. The van der Waals surface area contributed by atoms with Crippen LogP contribution in [-0.4, -0.2) is 4.98 Å². The molecule has 11 aromatic rings. The zero-order valence-corrected chi connectivity index (χ0v) is 33.7. The molecular formula is C56H39N3O2. The number of benzene rings is 9. The summed E-state index contributed by atoms with van der Waals surface area (Å²) in [6, 6.07) is 70.7. The second kappa shape index (κ2) is 13.6. The van der Waals surface area contributed by atoms with Crippen LogP contribution in [0.25, 0.3) is 66.4 Å². The number of oxazole rings is 1. The Kier molecular flexibility index (Phi) is 7.81. The van der Waals surface area contributed by atoms with Gasteiger partial charge in [0.05, 0.1) is 17.1 Å². The van der Waals surface area contributed by atoms with E-state index in [0.29, 0.717) is 11.5 Å². The summed E-state index contributed by atoms with van der Waals surface area (Å²) >= 11 is 0. The third kappa shape index (κ3) is 5.58. The Hall–Kier alpha value is -7.89. The van der Waals surface area contributed by atoms with E-state index in [9.17, 15) is 0 Å². The van der Waals surface area contributed by atoms with Crippen LogP contribution in [0.3, 0.4) is 0 Å². The molecule has 0 radical (unpaired) electrons. The van der Waals surface area contributed by atoms with Gasteiger partial charge in [0.25, 0.3) is 0 Å². The van der Waals surface area contributed by atoms with Crippen molar-refractivity contribution in [1.29, 1.82) is 0 Å². The van der Waals surface area contributed by atoms with E-state index in [1.807, 2.05) is 12.1 Å². The first kappa shape index (κ1) is 35.1. The topological polar surface area (TPSA) is 45.7 Å². The van der Waals surface area contributed by atoms with Crippen LogP contribution < -0.4 is 9.80 Å². The van der Waals surface area contributed by atoms with Crippen molar-refractivity contribution in [3.8, 4) is 22.6 Å². The molecule has 9 aromatic carbocycles. The van der Waals surface area contributed by atoms with Crippen LogP contribution in [0.5, 0.6) is 0 Å². The van der Waals surface area contributed by atoms with Gasteiger partial charge in [-0.1, -0.05) is 135 Å². The van der Waals surface area contributed by atoms with Crippen molar-refractivity contribution >= 4 is 77.9 Å². The summed E-state index contributed by atoms with van der Waals surface area (Å²) in [4.78, 5) is 10.0. The molecule has 5 nitrogen and oxygen atoms in total. The summed E-state index contributed by atoms with van der Waals surface area (Å²) in [5.41, 5.74) is 14.9. The highest BCUT2D eigenvalue weighted by Crippen LogP contribution is 2.55. The molecule has 0 bridgehead atoms. The van der Waals surface area contributed by atoms with Crippen LogP contribution in [0.1, 0.15) is 25.0 Å². The highest BCUT2D eigenvalue weighted by Gasteiger charge is 2.38. The highest BCUT2D eigenvalue weighted by atomic mass is 16.3. The average Bonchev–Trinajstić information content (AvgIpc) is 3.98. The van der Waals surface area contributed by atoms with E-state index in [2.05, 4.69) is 212 Å². The molecule has 0 N–H and O–H groups in total. The second-order valence-electron chi connectivity index (χ2n) is 16.4. The van der Waals surface area contributed by atoms with Crippen LogP contribution in [0, 0.1) is 0 Å². The molecule has 0 unspecified atom stereocenters. The van der Waals surface area contributed by atoms with Gasteiger partial charge >= 0.3 is 0 Å². The number of hydrogen-bond acceptors (Lipinski definition) is 5. The molecule has 1 aliphatic rings. The number of hydrogen-bond donors (Lipinski definition) is 0. The average molecular weight is 786 g/mol. The van der Waals surface area contributed by atoms with Crippen LogP contribution in [0.4, 0.5) is 34.1 Å². The maximum Gasteiger partial charge on any atom is 0.227 e. The Balaban J connectivity index is 1.16. The molecule has 12 rings (SSSR count). The minimum Gasteiger partial charge on any atom is -0.456 e. The number of anilines is 6. The van der Waals surface area contributed by atoms with Crippen molar-refractivity contribution in [3.05, 3.63) is 211 Å². The lowest BCUT2D eigenvalue weighted by molar-refractivity contribution is 0.620. The molecule has 0 saturated heterocycles. The summed E-state index contributed by atoms with van der Waals surface area (Å²) in [7, 11) is 0. The van der Waals surface area contributed by atoms with Crippen LogP contribution in [0.15, 0.2) is 209 Å². The number of furan rings is 1. The molecule has 0 spiro atoms. The van der Waals surface area contributed by atoms with Gasteiger partial charge in [0.15, 0.2) is 5.58 Å². The Morgan fingerprint density at radius 2 is 1.13 bits per heavy atom. The van der Waals surface area contributed by atoms with E-state index < -0.39 is 0 Å². The fourth-order valence-corrected chi connectivity index (χ4v) is 9.53. The highest BCUT2D eigenvalue weighted by molar-refractivity contribution is 6.07. The second-order valence-corrected chi connectivity index (χ2v) is 16.4. The molecular weight excluding hydrogens is 747 g/mol. The lowest BCUT2D eigenvalue weighted by Gasteiger charge is -2.31. The van der Waals surface area contributed by atoms with Crippen molar-refractivity contribution in [2.24, 2.45) is 0 Å². The minimum absolute atomic E-state index is 0.184. The fraction of sp³-hybridized carbons (Fsp3) is 0.0536. The molecule has 0 aliphatic heterocycles. The molecule has 0 fully saturated rings. The molecule has 0 atom stereocenters. The summed E-state index contributed by atoms with van der Waals surface area (Å²) in [6.07, 6.45) is 0. The zero-order chi connectivity index (χ0) is 40.7. The van der Waals surface area contributed by atoms with Crippen LogP contribution in [-0.2, 0) is 5.41 Å². The number of rotatable bonds is 7. The van der Waals surface area contributed by atoms with E-state index in [4.69, 9.17) is 13.8 Å². The number of fused-ring (bicyclic) bond motifs is 8. The minimum atomic E-state index is -0.184. The van der Waals surface area contributed by atoms with Gasteiger partial charge in [-0.05, 0) is 106 Å². The van der Waals surface area contributed by atoms with Crippen molar-refractivity contribution < 1.29 is 8.83 Å². The van der Waals surface area contributed by atoms with Gasteiger partial charge in [0, 0.05) is 44.4 Å². The van der Waals surface area contributed by atoms with Crippen molar-refractivity contribution in [2.45, 2.75) is 19.3 Å². The summed E-state index contributed by atoms with van der Waals surface area (Å²) in [5.74, 6) is 0.564. The summed E-state index contributed by atoms with van der Waals surface area (Å²) in [5, 5.41) is 4.44. The number of nitrogens with zero attached hydrogens (tertiary/aromatic N) is 3. The van der Waals surface area contributed by atoms with Gasteiger partial charge in [0.1, 0.15) is 16.7 Å². The number of aromatic nitrogens is 1. The normalized spacial score (nSPS) is 12.9. The molecule has 0 amide bonds. The maximum atomic E-state index is 7.05. The maximum absolute atomic E-state index is 7.05. The molecule has 2 aromatic heterocycles. The zero-order valence-electron chi connectivity index (χ0n) is 33.7. The standard InChI is InChI=1S/C56H39N3O2/c1-56(2)46-24-13-11-23-44(46)53-47(56)25-15-26-49(53)59(40-20-7-4-8-21-40)50-35-42(34-48-54(50)61-55(57-48)38-29-28-36-16-9-10-17-37(36)32-38)58(39-18-5-3-6-19-39)41-30-31-52-45(33-41)43-22-12-14-27-51(43)60-52/h3-35H,1-2H3. The van der Waals surface area contributed by atoms with Crippen molar-refractivity contribution in [1.82, 2.24) is 4.98 Å². The van der Waals surface area contributed by atoms with E-state index in [0.717, 1.165) is 72.5 Å². The molecule has 2 heterocycles. The first-order valence-corrected chi connectivity index (χ1v) is 20.8. The Bertz CT molecular complexity index is 3470. The Morgan fingerprint density at radius 3 is 1.97 bits per heavy atom. The first-order chi connectivity index (χ1) is 30.0. The fourth-order valence-electron chi connectivity index (χ4n) is 9.53. The monoisotopic (exact) mass is 785 g/mol. The van der Waals surface area contributed by atoms with Crippen LogP contribution >= 0.6 is 0 Å². The molecule has 5 heteroatoms. The quantitative estimate of drug-likeness (QED) is 0.161. The van der Waals surface area contributed by atoms with E-state index >= 15 is 0 Å². The molecule has 61 heavy (non-hydrogen) atoms. The SMILES string of the molecule is CC1(C)c2ccccc2-c2c(N(c3ccccc3)c3cc(N(c4ccccc4)c4ccc5oc6ccccc6c5c4)cc4nc(-c5ccc6ccccc6c5)oc34)cccc21. The lowest BCUT2D eigenvalue weighted by Crippen LogP contribution is -2.16. The lowest BCUT2D eigenvalue weighted by atomic mass is 9.82. The Labute approximate surface area is 353 Å². The Morgan fingerprint density at radius 1 is 0.443 bits per heavy atom. The van der Waals surface area contributed by atoms with E-state index in [1.54, 1.807) is 0 Å². The third-order valence-electron chi connectivity index (χ3n) is 12.4. The van der Waals surface area contributed by atoms with Gasteiger partial charge in [-0.3, -0.25) is 0 Å². The van der Waals surface area contributed by atoms with E-state index in [-0.39, 0.29) is 5.41 Å². The van der Waals surface area contributed by atoms with Crippen molar-refractivity contribution in [2.75, 3.05) is 9.80 Å². The summed E-state index contributed by atoms with van der Waals surface area (Å²) < 4.78 is 13.4. The van der Waals surface area contributed by atoms with Gasteiger partial charge in [-0.2, -0.15) is 0 Å².